The van der Waals surface area contributed by atoms with Crippen molar-refractivity contribution in [3.05, 3.63) is 82.3 Å². The molecule has 282 valence electrons. The van der Waals surface area contributed by atoms with Gasteiger partial charge in [0.15, 0.2) is 5.69 Å². The van der Waals surface area contributed by atoms with E-state index in [4.69, 9.17) is 14.6 Å². The van der Waals surface area contributed by atoms with E-state index in [9.17, 15) is 37.2 Å². The van der Waals surface area contributed by atoms with Crippen LogP contribution in [-0.4, -0.2) is 109 Å². The number of nitriles is 1. The van der Waals surface area contributed by atoms with E-state index in [0.717, 1.165) is 12.1 Å². The number of nitrogens with one attached hydrogen (secondary N) is 1. The molecule has 16 heteroatoms. The number of hydrogen-bond donors (Lipinski definition) is 1. The second kappa shape index (κ2) is 15.6. The van der Waals surface area contributed by atoms with Crippen LogP contribution >= 0.6 is 0 Å². The Morgan fingerprint density at radius 2 is 1.79 bits per heavy atom. The molecule has 0 bridgehead atoms. The van der Waals surface area contributed by atoms with Crippen LogP contribution in [0, 0.1) is 17.1 Å². The number of likely N-dealkylation sites (N-methyl/N-ethyl adjacent to an activating group) is 2. The predicted octanol–water partition coefficient (Wildman–Crippen LogP) is 4.37. The highest BCUT2D eigenvalue weighted by molar-refractivity contribution is 6.07. The fraction of sp³-hybridized carbons (Fsp3) is 0.486. The lowest BCUT2D eigenvalue weighted by molar-refractivity contribution is -0.137. The van der Waals surface area contributed by atoms with E-state index in [1.807, 2.05) is 7.05 Å². The average Bonchev–Trinajstić information content (AvgIpc) is 3.51. The van der Waals surface area contributed by atoms with Crippen LogP contribution in [0.1, 0.15) is 75.7 Å². The number of benzene rings is 2. The van der Waals surface area contributed by atoms with Crippen molar-refractivity contribution < 1.29 is 41.4 Å². The van der Waals surface area contributed by atoms with Gasteiger partial charge in [-0.1, -0.05) is 18.2 Å². The molecular formula is C37H41F4N7O5. The fourth-order valence-electron chi connectivity index (χ4n) is 7.10. The Kier molecular flexibility index (Phi) is 11.2. The minimum absolute atomic E-state index is 0.0615. The Balaban J connectivity index is 1.47. The van der Waals surface area contributed by atoms with Gasteiger partial charge in [0.25, 0.3) is 17.7 Å². The predicted molar refractivity (Wildman–Crippen MR) is 184 cm³/mol. The minimum atomic E-state index is -4.72. The lowest BCUT2D eigenvalue weighted by atomic mass is 9.80. The third-order valence-corrected chi connectivity index (χ3v) is 10.3. The van der Waals surface area contributed by atoms with Crippen molar-refractivity contribution in [1.82, 2.24) is 24.9 Å². The van der Waals surface area contributed by atoms with Gasteiger partial charge < -0.3 is 19.7 Å². The number of halogens is 4. The molecule has 3 amide bonds. The standard InChI is InChI=1S/C37H41F4N7O5/c1-4-47-34-30(29(22-8-10-25(38)11-9-22)31(36(47)51)43-33(49)23-6-5-7-24(18-23)37(39,40)41)32(44-48(34)26-13-16-52-17-14-26)35(50)46(3)27(19-42)12-15-45(2)28-20-53-21-28/h5-11,18,26-29,31H,4,12-17,20-21H2,1-3H3,(H,43,49)/t27-,29+,31+/m1/s1. The molecule has 0 saturated carbocycles. The molecular weight excluding hydrogens is 698 g/mol. The van der Waals surface area contributed by atoms with Crippen molar-refractivity contribution in [2.75, 3.05) is 58.5 Å². The molecule has 53 heavy (non-hydrogen) atoms. The summed E-state index contributed by atoms with van der Waals surface area (Å²) in [6.07, 6.45) is -3.34. The molecule has 4 heterocycles. The van der Waals surface area contributed by atoms with E-state index in [2.05, 4.69) is 16.3 Å². The number of anilines is 1. The first-order chi connectivity index (χ1) is 25.3. The molecule has 3 aliphatic heterocycles. The number of carbonyl (C=O) groups is 3. The van der Waals surface area contributed by atoms with E-state index in [-0.39, 0.29) is 35.4 Å². The lowest BCUT2D eigenvalue weighted by Gasteiger charge is -2.39. The highest BCUT2D eigenvalue weighted by atomic mass is 19.4. The van der Waals surface area contributed by atoms with Gasteiger partial charge in [0.1, 0.15) is 23.7 Å². The monoisotopic (exact) mass is 739 g/mol. The number of carbonyl (C=O) groups excluding carboxylic acids is 3. The van der Waals surface area contributed by atoms with Crippen LogP contribution in [0.4, 0.5) is 23.4 Å². The number of amides is 3. The van der Waals surface area contributed by atoms with E-state index < -0.39 is 53.3 Å². The van der Waals surface area contributed by atoms with Crippen LogP contribution < -0.4 is 10.2 Å². The van der Waals surface area contributed by atoms with Crippen LogP contribution in [0.3, 0.4) is 0 Å². The summed E-state index contributed by atoms with van der Waals surface area (Å²) in [6, 6.07) is 8.95. The van der Waals surface area contributed by atoms with Gasteiger partial charge in [0.05, 0.1) is 36.9 Å². The van der Waals surface area contributed by atoms with Gasteiger partial charge in [-0.15, -0.1) is 0 Å². The van der Waals surface area contributed by atoms with Crippen LogP contribution in [0.5, 0.6) is 0 Å². The van der Waals surface area contributed by atoms with Gasteiger partial charge in [-0.3, -0.25) is 24.2 Å². The van der Waals surface area contributed by atoms with E-state index in [1.165, 1.54) is 47.2 Å². The SMILES string of the molecule is CCN1C(=O)[C@@H](NC(=O)c2cccc(C(F)(F)F)c2)[C@@H](c2ccc(F)cc2)c2c(C(=O)N(C)[C@@H](C#N)CCN(C)C3COC3)nn(C3CCOCC3)c21. The Labute approximate surface area is 304 Å². The Bertz CT molecular complexity index is 1870. The zero-order valence-corrected chi connectivity index (χ0v) is 29.6. The highest BCUT2D eigenvalue weighted by Crippen LogP contribution is 2.45. The second-order valence-electron chi connectivity index (χ2n) is 13.5. The fourth-order valence-corrected chi connectivity index (χ4v) is 7.10. The second-order valence-corrected chi connectivity index (χ2v) is 13.5. The zero-order valence-electron chi connectivity index (χ0n) is 29.6. The average molecular weight is 740 g/mol. The van der Waals surface area contributed by atoms with Crippen molar-refractivity contribution in [3.8, 4) is 6.07 Å². The van der Waals surface area contributed by atoms with Gasteiger partial charge in [-0.2, -0.15) is 23.5 Å². The minimum Gasteiger partial charge on any atom is -0.381 e. The summed E-state index contributed by atoms with van der Waals surface area (Å²) in [4.78, 5) is 47.7. The summed E-state index contributed by atoms with van der Waals surface area (Å²) in [5.74, 6) is -3.52. The summed E-state index contributed by atoms with van der Waals surface area (Å²) in [6.45, 7) is 4.32. The quantitative estimate of drug-likeness (QED) is 0.287. The summed E-state index contributed by atoms with van der Waals surface area (Å²) >= 11 is 0. The number of hydrogen-bond acceptors (Lipinski definition) is 8. The van der Waals surface area contributed by atoms with Crippen molar-refractivity contribution >= 4 is 23.5 Å². The maximum Gasteiger partial charge on any atom is 0.416 e. The van der Waals surface area contributed by atoms with Crippen molar-refractivity contribution in [1.29, 1.82) is 5.26 Å². The molecule has 1 N–H and O–H groups in total. The molecule has 1 aromatic heterocycles. The summed E-state index contributed by atoms with van der Waals surface area (Å²) in [5, 5.41) is 17.7. The van der Waals surface area contributed by atoms with Crippen LogP contribution in [-0.2, 0) is 20.4 Å². The molecule has 2 fully saturated rings. The zero-order chi connectivity index (χ0) is 38.0. The normalized spacial score (nSPS) is 20.1. The molecule has 2 aromatic carbocycles. The van der Waals surface area contributed by atoms with E-state index in [1.54, 1.807) is 11.6 Å². The molecule has 6 rings (SSSR count). The summed E-state index contributed by atoms with van der Waals surface area (Å²) < 4.78 is 67.6. The van der Waals surface area contributed by atoms with E-state index in [0.29, 0.717) is 69.7 Å². The highest BCUT2D eigenvalue weighted by Gasteiger charge is 2.48. The largest absolute Gasteiger partial charge is 0.416 e. The molecule has 2 saturated heterocycles. The van der Waals surface area contributed by atoms with Crippen molar-refractivity contribution in [2.45, 2.75) is 62.4 Å². The van der Waals surface area contributed by atoms with E-state index >= 15 is 0 Å². The number of nitrogens with zero attached hydrogens (tertiary/aromatic N) is 6. The van der Waals surface area contributed by atoms with Gasteiger partial charge in [0.2, 0.25) is 0 Å². The molecule has 12 nitrogen and oxygen atoms in total. The number of fused-ring (bicyclic) bond motifs is 1. The number of aromatic nitrogens is 2. The Hall–Kier alpha value is -4.85. The Morgan fingerprint density at radius 3 is 2.40 bits per heavy atom. The summed E-state index contributed by atoms with van der Waals surface area (Å²) in [7, 11) is 3.43. The topological polar surface area (TPSA) is 133 Å². The number of alkyl halides is 3. The lowest BCUT2D eigenvalue weighted by Crippen LogP contribution is -2.56. The summed E-state index contributed by atoms with van der Waals surface area (Å²) in [5.41, 5.74) is -0.801. The van der Waals surface area contributed by atoms with Crippen LogP contribution in [0.25, 0.3) is 0 Å². The first-order valence-electron chi connectivity index (χ1n) is 17.5. The molecule has 0 radical (unpaired) electrons. The van der Waals surface area contributed by atoms with Gasteiger partial charge in [0, 0.05) is 50.4 Å². The van der Waals surface area contributed by atoms with Crippen LogP contribution in [0.15, 0.2) is 48.5 Å². The Morgan fingerprint density at radius 1 is 1.09 bits per heavy atom. The molecule has 0 aliphatic carbocycles. The van der Waals surface area contributed by atoms with Gasteiger partial charge >= 0.3 is 6.18 Å². The molecule has 3 atom stereocenters. The third kappa shape index (κ3) is 7.64. The molecule has 0 spiro atoms. The molecule has 0 unspecified atom stereocenters. The smallest absolute Gasteiger partial charge is 0.381 e. The van der Waals surface area contributed by atoms with Gasteiger partial charge in [-0.05, 0) is 69.1 Å². The maximum atomic E-state index is 14.6. The number of ether oxygens (including phenoxy) is 2. The molecule has 3 aliphatic rings. The first kappa shape index (κ1) is 37.9. The van der Waals surface area contributed by atoms with Crippen molar-refractivity contribution in [2.24, 2.45) is 0 Å². The van der Waals surface area contributed by atoms with Crippen molar-refractivity contribution in [3.63, 3.8) is 0 Å². The maximum absolute atomic E-state index is 14.6. The molecule has 3 aromatic rings. The van der Waals surface area contributed by atoms with Crippen LogP contribution in [0.2, 0.25) is 0 Å². The number of rotatable bonds is 11. The third-order valence-electron chi connectivity index (χ3n) is 10.3. The van der Waals surface area contributed by atoms with Gasteiger partial charge in [-0.25, -0.2) is 9.07 Å². The first-order valence-corrected chi connectivity index (χ1v) is 17.5.